The molecular weight excluding hydrogens is 474 g/mol. The van der Waals surface area contributed by atoms with Gasteiger partial charge in [-0.05, 0) is 70.9 Å². The third-order valence-corrected chi connectivity index (χ3v) is 7.57. The molecule has 1 aromatic carbocycles. The van der Waals surface area contributed by atoms with Crippen molar-refractivity contribution in [1.82, 2.24) is 15.5 Å². The average Bonchev–Trinajstić information content (AvgIpc) is 3.33. The second-order valence-electron chi connectivity index (χ2n) is 7.86. The molecule has 5 N–H and O–H groups in total. The van der Waals surface area contributed by atoms with E-state index in [2.05, 4.69) is 37.5 Å². The van der Waals surface area contributed by atoms with Crippen molar-refractivity contribution in [2.45, 2.75) is 43.4 Å². The fraction of sp³-hybridized carbons (Fsp3) is 0.381. The van der Waals surface area contributed by atoms with E-state index in [9.17, 15) is 13.9 Å². The lowest BCUT2D eigenvalue weighted by Crippen LogP contribution is -2.52. The van der Waals surface area contributed by atoms with E-state index in [1.807, 2.05) is 11.6 Å². The predicted molar refractivity (Wildman–Crippen MR) is 116 cm³/mol. The highest BCUT2D eigenvalue weighted by molar-refractivity contribution is 9.10. The first kappa shape index (κ1) is 21.6. The molecule has 2 heterocycles. The third kappa shape index (κ3) is 4.65. The van der Waals surface area contributed by atoms with Crippen molar-refractivity contribution in [2.24, 2.45) is 5.73 Å². The predicted octanol–water partition coefficient (Wildman–Crippen LogP) is 3.42. The minimum Gasteiger partial charge on any atom is -0.390 e. The quantitative estimate of drug-likeness (QED) is 0.403. The van der Waals surface area contributed by atoms with Crippen LogP contribution in [0.15, 0.2) is 40.3 Å². The lowest BCUT2D eigenvalue weighted by Gasteiger charge is -2.38. The molecule has 160 valence electrons. The molecule has 4 rings (SSSR count). The Kier molecular flexibility index (Phi) is 6.36. The molecule has 1 unspecified atom stereocenters. The van der Waals surface area contributed by atoms with Crippen LogP contribution in [0.5, 0.6) is 0 Å². The van der Waals surface area contributed by atoms with Gasteiger partial charge in [0.1, 0.15) is 11.6 Å². The van der Waals surface area contributed by atoms with Gasteiger partial charge in [0.25, 0.3) is 0 Å². The summed E-state index contributed by atoms with van der Waals surface area (Å²) in [5.41, 5.74) is 8.56. The second-order valence-corrected chi connectivity index (χ2v) is 9.68. The maximum absolute atomic E-state index is 13.4. The molecule has 0 saturated heterocycles. The van der Waals surface area contributed by atoms with E-state index < -0.39 is 23.8 Å². The lowest BCUT2D eigenvalue weighted by molar-refractivity contribution is 0.123. The van der Waals surface area contributed by atoms with E-state index in [4.69, 9.17) is 5.73 Å². The summed E-state index contributed by atoms with van der Waals surface area (Å²) in [6, 6.07) is 4.76. The van der Waals surface area contributed by atoms with Crippen LogP contribution in [0.2, 0.25) is 0 Å². The molecule has 3 atom stereocenters. The number of hydrogen-bond donors (Lipinski definition) is 4. The Morgan fingerprint density at radius 3 is 2.77 bits per heavy atom. The van der Waals surface area contributed by atoms with Crippen molar-refractivity contribution in [1.29, 1.82) is 0 Å². The van der Waals surface area contributed by atoms with Crippen LogP contribution < -0.4 is 11.1 Å². The Labute approximate surface area is 185 Å². The van der Waals surface area contributed by atoms with Crippen molar-refractivity contribution in [3.8, 4) is 0 Å². The fourth-order valence-electron chi connectivity index (χ4n) is 4.06. The maximum atomic E-state index is 13.4. The second kappa shape index (κ2) is 8.84. The number of nitrogens with one attached hydrogen (secondary N) is 2. The Morgan fingerprint density at radius 1 is 1.30 bits per heavy atom. The number of rotatable bonds is 7. The number of nitrogens with zero attached hydrogens (tertiary/aromatic N) is 1. The number of hydrogen-bond acceptors (Lipinski definition) is 5. The van der Waals surface area contributed by atoms with Gasteiger partial charge in [-0.1, -0.05) is 0 Å². The van der Waals surface area contributed by atoms with Crippen LogP contribution in [0.3, 0.4) is 0 Å². The van der Waals surface area contributed by atoms with Gasteiger partial charge in [-0.25, -0.2) is 8.78 Å². The van der Waals surface area contributed by atoms with Crippen LogP contribution in [0.25, 0.3) is 0 Å². The van der Waals surface area contributed by atoms with E-state index in [0.29, 0.717) is 5.56 Å². The van der Waals surface area contributed by atoms with E-state index in [-0.39, 0.29) is 18.5 Å². The highest BCUT2D eigenvalue weighted by Crippen LogP contribution is 2.39. The largest absolute Gasteiger partial charge is 0.390 e. The number of nitrogens with two attached hydrogens (primary N) is 1. The number of halogens is 3. The fourth-order valence-corrected chi connectivity index (χ4v) is 5.69. The van der Waals surface area contributed by atoms with Gasteiger partial charge in [0.05, 0.1) is 17.8 Å². The van der Waals surface area contributed by atoms with Gasteiger partial charge in [-0.2, -0.15) is 5.10 Å². The van der Waals surface area contributed by atoms with Crippen LogP contribution in [0.1, 0.15) is 28.1 Å². The van der Waals surface area contributed by atoms with Gasteiger partial charge in [0, 0.05) is 39.1 Å². The standard InChI is InChI=1S/C21H23BrF2N4OS/c22-14-6-20(30-11-14)21(2-1-18-13(8-21)9-27-28-18)26-10-19(29)17(25)5-12-3-15(23)7-16(24)4-12/h3-4,6-7,9,11,17,19,26,29H,1-2,5,8,10,25H2,(H,27,28)/t17-,19+,21?/m0/s1. The highest BCUT2D eigenvalue weighted by atomic mass is 79.9. The van der Waals surface area contributed by atoms with Gasteiger partial charge in [-0.15, -0.1) is 11.3 Å². The molecule has 3 aromatic rings. The van der Waals surface area contributed by atoms with Crippen molar-refractivity contribution in [3.63, 3.8) is 0 Å². The molecule has 0 radical (unpaired) electrons. The molecule has 30 heavy (non-hydrogen) atoms. The third-order valence-electron chi connectivity index (χ3n) is 5.68. The van der Waals surface area contributed by atoms with Gasteiger partial charge in [0.15, 0.2) is 0 Å². The molecule has 0 fully saturated rings. The number of aliphatic hydroxyl groups is 1. The first-order valence-corrected chi connectivity index (χ1v) is 11.4. The van der Waals surface area contributed by atoms with Gasteiger partial charge in [-0.3, -0.25) is 5.10 Å². The van der Waals surface area contributed by atoms with Crippen molar-refractivity contribution in [2.75, 3.05) is 6.54 Å². The number of aliphatic hydroxyl groups excluding tert-OH is 1. The summed E-state index contributed by atoms with van der Waals surface area (Å²) in [7, 11) is 0. The lowest BCUT2D eigenvalue weighted by atomic mass is 9.79. The van der Waals surface area contributed by atoms with Crippen LogP contribution >= 0.6 is 27.3 Å². The van der Waals surface area contributed by atoms with Crippen molar-refractivity contribution in [3.05, 3.63) is 73.6 Å². The van der Waals surface area contributed by atoms with Crippen LogP contribution in [-0.2, 0) is 24.8 Å². The SMILES string of the molecule is N[C@@H](Cc1cc(F)cc(F)c1)[C@H](O)CNC1(c2cc(Br)cs2)CCc2[nH]ncc2C1. The summed E-state index contributed by atoms with van der Waals surface area (Å²) >= 11 is 5.19. The molecule has 0 aliphatic heterocycles. The van der Waals surface area contributed by atoms with Gasteiger partial charge < -0.3 is 16.2 Å². The molecule has 0 bridgehead atoms. The number of thiophene rings is 1. The van der Waals surface area contributed by atoms with Crippen molar-refractivity contribution < 1.29 is 13.9 Å². The highest BCUT2D eigenvalue weighted by Gasteiger charge is 2.38. The first-order chi connectivity index (χ1) is 14.3. The summed E-state index contributed by atoms with van der Waals surface area (Å²) in [5.74, 6) is -1.30. The molecule has 9 heteroatoms. The van der Waals surface area contributed by atoms with E-state index in [1.54, 1.807) is 11.3 Å². The average molecular weight is 497 g/mol. The van der Waals surface area contributed by atoms with E-state index in [0.717, 1.165) is 41.1 Å². The summed E-state index contributed by atoms with van der Waals surface area (Å²) < 4.78 is 27.9. The number of aromatic amines is 1. The van der Waals surface area contributed by atoms with Crippen LogP contribution in [-0.4, -0.2) is 34.0 Å². The monoisotopic (exact) mass is 496 g/mol. The summed E-state index contributed by atoms with van der Waals surface area (Å²) in [6.07, 6.45) is 3.62. The van der Waals surface area contributed by atoms with E-state index >= 15 is 0 Å². The zero-order valence-electron chi connectivity index (χ0n) is 16.2. The number of H-pyrrole nitrogens is 1. The molecular formula is C21H23BrF2N4OS. The van der Waals surface area contributed by atoms with Gasteiger partial charge in [0.2, 0.25) is 0 Å². The smallest absolute Gasteiger partial charge is 0.126 e. The molecule has 0 amide bonds. The molecule has 1 aliphatic carbocycles. The number of aromatic nitrogens is 2. The molecule has 0 spiro atoms. The Morgan fingerprint density at radius 2 is 2.07 bits per heavy atom. The summed E-state index contributed by atoms with van der Waals surface area (Å²) in [4.78, 5) is 1.18. The van der Waals surface area contributed by atoms with Crippen LogP contribution in [0.4, 0.5) is 8.78 Å². The Balaban J connectivity index is 1.47. The van der Waals surface area contributed by atoms with Gasteiger partial charge >= 0.3 is 0 Å². The van der Waals surface area contributed by atoms with E-state index in [1.165, 1.54) is 17.0 Å². The Bertz CT molecular complexity index is 1010. The molecule has 1 aliphatic rings. The molecule has 5 nitrogen and oxygen atoms in total. The maximum Gasteiger partial charge on any atom is 0.126 e. The zero-order chi connectivity index (χ0) is 21.3. The topological polar surface area (TPSA) is 87.0 Å². The minimum absolute atomic E-state index is 0.182. The summed E-state index contributed by atoms with van der Waals surface area (Å²) in [6.45, 7) is 0.266. The zero-order valence-corrected chi connectivity index (χ0v) is 18.6. The van der Waals surface area contributed by atoms with Crippen molar-refractivity contribution >= 4 is 27.3 Å². The first-order valence-electron chi connectivity index (χ1n) is 9.74. The summed E-state index contributed by atoms with van der Waals surface area (Å²) in [5, 5.41) is 23.5. The number of aryl methyl sites for hydroxylation is 1. The van der Waals surface area contributed by atoms with Crippen LogP contribution in [0, 0.1) is 11.6 Å². The minimum atomic E-state index is -0.873. The number of benzene rings is 1. The normalized spacial score (nSPS) is 20.7. The molecule has 0 saturated carbocycles. The molecule has 2 aromatic heterocycles. The Hall–Kier alpha value is -1.65. The number of fused-ring (bicyclic) bond motifs is 1.